The van der Waals surface area contributed by atoms with Crippen LogP contribution in [0.4, 0.5) is 0 Å². The number of benzene rings is 2. The summed E-state index contributed by atoms with van der Waals surface area (Å²) < 4.78 is 5.69. The molecule has 1 heterocycles. The second-order valence-corrected chi connectivity index (χ2v) is 6.59. The van der Waals surface area contributed by atoms with Crippen LogP contribution in [0.1, 0.15) is 36.7 Å². The first-order valence-corrected chi connectivity index (χ1v) is 7.63. The largest absolute Gasteiger partial charge is 0.478 e. The molecule has 0 saturated heterocycles. The summed E-state index contributed by atoms with van der Waals surface area (Å²) >= 11 is 0. The molecule has 0 radical (unpaired) electrons. The van der Waals surface area contributed by atoms with Crippen molar-refractivity contribution in [2.24, 2.45) is 0 Å². The van der Waals surface area contributed by atoms with Crippen LogP contribution in [0.2, 0.25) is 0 Å². The van der Waals surface area contributed by atoms with E-state index in [1.165, 1.54) is 11.6 Å². The van der Waals surface area contributed by atoms with Crippen molar-refractivity contribution >= 4 is 5.97 Å². The minimum atomic E-state index is -1.03. The predicted octanol–water partition coefficient (Wildman–Crippen LogP) is 4.40. The van der Waals surface area contributed by atoms with E-state index in [1.54, 1.807) is 18.2 Å². The van der Waals surface area contributed by atoms with Gasteiger partial charge in [0, 0.05) is 5.56 Å². The molecule has 0 amide bonds. The first-order chi connectivity index (χ1) is 11.4. The van der Waals surface area contributed by atoms with E-state index in [9.17, 15) is 9.90 Å². The van der Waals surface area contributed by atoms with E-state index in [0.717, 1.165) is 5.56 Å². The molecule has 0 aliphatic heterocycles. The Morgan fingerprint density at radius 1 is 0.958 bits per heavy atom. The molecular formula is C19H18N2O3. The van der Waals surface area contributed by atoms with Gasteiger partial charge in [-0.1, -0.05) is 45.0 Å². The fourth-order valence-electron chi connectivity index (χ4n) is 2.42. The SMILES string of the molecule is CC(C)(C)c1ccc(-c2nnc(-c3ccccc3C(=O)O)o2)cc1. The summed E-state index contributed by atoms with van der Waals surface area (Å²) in [5, 5.41) is 17.3. The average molecular weight is 322 g/mol. The molecule has 3 rings (SSSR count). The third kappa shape index (κ3) is 3.06. The molecule has 0 fully saturated rings. The van der Waals surface area contributed by atoms with Gasteiger partial charge >= 0.3 is 5.97 Å². The van der Waals surface area contributed by atoms with E-state index >= 15 is 0 Å². The molecule has 0 spiro atoms. The molecule has 0 aliphatic rings. The maximum absolute atomic E-state index is 11.3. The number of hydrogen-bond donors (Lipinski definition) is 1. The highest BCUT2D eigenvalue weighted by Gasteiger charge is 2.18. The highest BCUT2D eigenvalue weighted by molar-refractivity contribution is 5.94. The Balaban J connectivity index is 1.96. The van der Waals surface area contributed by atoms with E-state index < -0.39 is 5.97 Å². The predicted molar refractivity (Wildman–Crippen MR) is 90.8 cm³/mol. The lowest BCUT2D eigenvalue weighted by Gasteiger charge is -2.18. The van der Waals surface area contributed by atoms with Gasteiger partial charge in [-0.25, -0.2) is 4.79 Å². The van der Waals surface area contributed by atoms with Crippen LogP contribution in [-0.2, 0) is 5.41 Å². The number of nitrogens with zero attached hydrogens (tertiary/aromatic N) is 2. The Bertz CT molecular complexity index is 874. The van der Waals surface area contributed by atoms with E-state index in [1.807, 2.05) is 24.3 Å². The summed E-state index contributed by atoms with van der Waals surface area (Å²) in [5.41, 5.74) is 2.63. The fourth-order valence-corrected chi connectivity index (χ4v) is 2.42. The maximum Gasteiger partial charge on any atom is 0.336 e. The van der Waals surface area contributed by atoms with Gasteiger partial charge in [-0.15, -0.1) is 10.2 Å². The van der Waals surface area contributed by atoms with Crippen molar-refractivity contribution in [3.8, 4) is 22.9 Å². The second-order valence-electron chi connectivity index (χ2n) is 6.59. The van der Waals surface area contributed by atoms with E-state index in [2.05, 4.69) is 31.0 Å². The molecule has 3 aromatic rings. The molecule has 5 heteroatoms. The molecule has 0 atom stereocenters. The quantitative estimate of drug-likeness (QED) is 0.773. The van der Waals surface area contributed by atoms with Crippen molar-refractivity contribution in [3.05, 3.63) is 59.7 Å². The molecule has 2 aromatic carbocycles. The Labute approximate surface area is 140 Å². The van der Waals surface area contributed by atoms with Gasteiger partial charge in [0.2, 0.25) is 11.8 Å². The number of carboxylic acids is 1. The van der Waals surface area contributed by atoms with Crippen molar-refractivity contribution < 1.29 is 14.3 Å². The van der Waals surface area contributed by atoms with Gasteiger partial charge in [-0.2, -0.15) is 0 Å². The number of carboxylic acid groups (broad SMARTS) is 1. The third-order valence-corrected chi connectivity index (χ3v) is 3.81. The van der Waals surface area contributed by atoms with Crippen LogP contribution in [0.25, 0.3) is 22.9 Å². The standard InChI is InChI=1S/C19H18N2O3/c1-19(2,3)13-10-8-12(9-11-13)16-20-21-17(24-16)14-6-4-5-7-15(14)18(22)23/h4-11H,1-3H3,(H,22,23). The van der Waals surface area contributed by atoms with E-state index in [-0.39, 0.29) is 16.9 Å². The smallest absolute Gasteiger partial charge is 0.336 e. The zero-order valence-electron chi connectivity index (χ0n) is 13.8. The van der Waals surface area contributed by atoms with E-state index in [4.69, 9.17) is 4.42 Å². The van der Waals surface area contributed by atoms with Gasteiger partial charge in [0.05, 0.1) is 11.1 Å². The summed E-state index contributed by atoms with van der Waals surface area (Å²) in [5.74, 6) is -0.464. The Morgan fingerprint density at radius 3 is 2.21 bits per heavy atom. The van der Waals surface area contributed by atoms with Crippen LogP contribution in [0, 0.1) is 0 Å². The zero-order valence-corrected chi connectivity index (χ0v) is 13.8. The number of hydrogen-bond acceptors (Lipinski definition) is 4. The maximum atomic E-state index is 11.3. The summed E-state index contributed by atoms with van der Waals surface area (Å²) in [4.78, 5) is 11.3. The monoisotopic (exact) mass is 322 g/mol. The normalized spacial score (nSPS) is 11.5. The number of aromatic nitrogens is 2. The van der Waals surface area contributed by atoms with Crippen molar-refractivity contribution in [2.45, 2.75) is 26.2 Å². The topological polar surface area (TPSA) is 76.2 Å². The van der Waals surface area contributed by atoms with E-state index in [0.29, 0.717) is 11.5 Å². The lowest BCUT2D eigenvalue weighted by atomic mass is 9.87. The number of aromatic carboxylic acids is 1. The molecule has 1 N–H and O–H groups in total. The van der Waals surface area contributed by atoms with Crippen molar-refractivity contribution in [1.82, 2.24) is 10.2 Å². The Morgan fingerprint density at radius 2 is 1.58 bits per heavy atom. The highest BCUT2D eigenvalue weighted by Crippen LogP contribution is 2.28. The molecule has 0 saturated carbocycles. The second kappa shape index (κ2) is 5.92. The zero-order chi connectivity index (χ0) is 17.3. The van der Waals surface area contributed by atoms with Crippen LogP contribution in [-0.4, -0.2) is 21.3 Å². The summed E-state index contributed by atoms with van der Waals surface area (Å²) in [6, 6.07) is 14.5. The fraction of sp³-hybridized carbons (Fsp3) is 0.211. The average Bonchev–Trinajstić information content (AvgIpc) is 3.04. The van der Waals surface area contributed by atoms with Gasteiger partial charge < -0.3 is 9.52 Å². The van der Waals surface area contributed by atoms with Crippen LogP contribution in [0.5, 0.6) is 0 Å². The van der Waals surface area contributed by atoms with Crippen LogP contribution < -0.4 is 0 Å². The number of carbonyl (C=O) groups is 1. The molecular weight excluding hydrogens is 304 g/mol. The van der Waals surface area contributed by atoms with Gasteiger partial charge in [-0.3, -0.25) is 0 Å². The van der Waals surface area contributed by atoms with Crippen molar-refractivity contribution in [1.29, 1.82) is 0 Å². The molecule has 24 heavy (non-hydrogen) atoms. The lowest BCUT2D eigenvalue weighted by molar-refractivity contribution is 0.0697. The first-order valence-electron chi connectivity index (χ1n) is 7.63. The Kier molecular flexibility index (Phi) is 3.93. The summed E-state index contributed by atoms with van der Waals surface area (Å²) in [7, 11) is 0. The van der Waals surface area contributed by atoms with Crippen molar-refractivity contribution in [2.75, 3.05) is 0 Å². The Hall–Kier alpha value is -2.95. The molecule has 122 valence electrons. The van der Waals surface area contributed by atoms with Crippen LogP contribution in [0.15, 0.2) is 52.9 Å². The van der Waals surface area contributed by atoms with Gasteiger partial charge in [0.15, 0.2) is 0 Å². The lowest BCUT2D eigenvalue weighted by Crippen LogP contribution is -2.10. The van der Waals surface area contributed by atoms with Gasteiger partial charge in [0.1, 0.15) is 0 Å². The summed E-state index contributed by atoms with van der Waals surface area (Å²) in [6.45, 7) is 6.45. The van der Waals surface area contributed by atoms with Gasteiger partial charge in [-0.05, 0) is 35.2 Å². The number of rotatable bonds is 3. The molecule has 0 bridgehead atoms. The summed E-state index contributed by atoms with van der Waals surface area (Å²) in [6.07, 6.45) is 0. The van der Waals surface area contributed by atoms with Crippen LogP contribution >= 0.6 is 0 Å². The molecule has 0 aliphatic carbocycles. The first kappa shape index (κ1) is 15.9. The highest BCUT2D eigenvalue weighted by atomic mass is 16.4. The molecule has 1 aromatic heterocycles. The van der Waals surface area contributed by atoms with Crippen LogP contribution in [0.3, 0.4) is 0 Å². The minimum Gasteiger partial charge on any atom is -0.478 e. The van der Waals surface area contributed by atoms with Crippen molar-refractivity contribution in [3.63, 3.8) is 0 Å². The molecule has 0 unspecified atom stereocenters. The van der Waals surface area contributed by atoms with Gasteiger partial charge in [0.25, 0.3) is 0 Å². The third-order valence-electron chi connectivity index (χ3n) is 3.81. The minimum absolute atomic E-state index is 0.0684. The molecule has 5 nitrogen and oxygen atoms in total.